The Labute approximate surface area is 121 Å². The lowest BCUT2D eigenvalue weighted by molar-refractivity contribution is 0.0181. The van der Waals surface area contributed by atoms with Crippen molar-refractivity contribution in [3.63, 3.8) is 0 Å². The Morgan fingerprint density at radius 2 is 2.00 bits per heavy atom. The van der Waals surface area contributed by atoms with Crippen LogP contribution in [0.5, 0.6) is 11.5 Å². The van der Waals surface area contributed by atoms with E-state index < -0.39 is 19.1 Å². The fraction of sp³-hybridized carbons (Fsp3) is 0.571. The minimum Gasteiger partial charge on any atom is -0.486 e. The van der Waals surface area contributed by atoms with E-state index in [4.69, 9.17) is 14.2 Å². The van der Waals surface area contributed by atoms with Gasteiger partial charge in [-0.15, -0.1) is 0 Å². The second-order valence-electron chi connectivity index (χ2n) is 4.59. The molecule has 0 radical (unpaired) electrons. The molecule has 0 aromatic heterocycles. The van der Waals surface area contributed by atoms with Crippen molar-refractivity contribution in [3.8, 4) is 11.5 Å². The summed E-state index contributed by atoms with van der Waals surface area (Å²) in [7, 11) is 0. The van der Waals surface area contributed by atoms with Crippen molar-refractivity contribution in [2.75, 3.05) is 39.5 Å². The molecule has 2 N–H and O–H groups in total. The Balaban J connectivity index is 1.72. The summed E-state index contributed by atoms with van der Waals surface area (Å²) in [5, 5.41) is 13.0. The van der Waals surface area contributed by atoms with E-state index in [-0.39, 0.29) is 6.61 Å². The maximum atomic E-state index is 11.8. The molecule has 0 spiro atoms. The number of halogens is 2. The molecule has 7 heteroatoms. The van der Waals surface area contributed by atoms with Crippen molar-refractivity contribution in [2.45, 2.75) is 12.5 Å². The lowest BCUT2D eigenvalue weighted by atomic mass is 10.1. The van der Waals surface area contributed by atoms with Crippen LogP contribution in [0.2, 0.25) is 0 Å². The Hall–Kier alpha value is -1.44. The lowest BCUT2D eigenvalue weighted by Gasteiger charge is -2.20. The monoisotopic (exact) mass is 303 g/mol. The fourth-order valence-corrected chi connectivity index (χ4v) is 1.94. The second kappa shape index (κ2) is 8.11. The van der Waals surface area contributed by atoms with Gasteiger partial charge in [-0.2, -0.15) is 0 Å². The maximum absolute atomic E-state index is 11.8. The molecule has 0 fully saturated rings. The van der Waals surface area contributed by atoms with Gasteiger partial charge in [-0.05, 0) is 17.7 Å². The third-order valence-corrected chi connectivity index (χ3v) is 2.96. The van der Waals surface area contributed by atoms with Crippen LogP contribution in [0, 0.1) is 0 Å². The molecule has 1 aliphatic heterocycles. The average Bonchev–Trinajstić information content (AvgIpc) is 2.49. The van der Waals surface area contributed by atoms with Crippen LogP contribution >= 0.6 is 0 Å². The quantitative estimate of drug-likeness (QED) is 0.710. The van der Waals surface area contributed by atoms with Crippen LogP contribution in [0.3, 0.4) is 0 Å². The molecule has 1 aliphatic rings. The molecule has 5 nitrogen and oxygen atoms in total. The molecule has 21 heavy (non-hydrogen) atoms. The Bertz CT molecular complexity index is 445. The molecule has 1 atom stereocenters. The van der Waals surface area contributed by atoms with E-state index in [9.17, 15) is 13.9 Å². The standard InChI is InChI=1S/C14H19F2NO4/c15-14(16)9-19-4-3-17-8-11(18)10-1-2-12-13(7-10)21-6-5-20-12/h1-2,7,11,14,17-18H,3-6,8-9H2. The summed E-state index contributed by atoms with van der Waals surface area (Å²) in [4.78, 5) is 0. The molecule has 0 saturated carbocycles. The van der Waals surface area contributed by atoms with Gasteiger partial charge in [0.1, 0.15) is 19.8 Å². The van der Waals surface area contributed by atoms with Crippen molar-refractivity contribution in [2.24, 2.45) is 0 Å². The second-order valence-corrected chi connectivity index (χ2v) is 4.59. The van der Waals surface area contributed by atoms with E-state index in [1.165, 1.54) is 0 Å². The van der Waals surface area contributed by atoms with Crippen LogP contribution in [0.15, 0.2) is 18.2 Å². The number of nitrogens with one attached hydrogen (secondary N) is 1. The van der Waals surface area contributed by atoms with E-state index >= 15 is 0 Å². The summed E-state index contributed by atoms with van der Waals surface area (Å²) in [5.74, 6) is 1.30. The highest BCUT2D eigenvalue weighted by Crippen LogP contribution is 2.32. The van der Waals surface area contributed by atoms with Crippen molar-refractivity contribution < 1.29 is 28.1 Å². The van der Waals surface area contributed by atoms with Crippen molar-refractivity contribution in [3.05, 3.63) is 23.8 Å². The Morgan fingerprint density at radius 1 is 1.24 bits per heavy atom. The van der Waals surface area contributed by atoms with E-state index in [1.54, 1.807) is 18.2 Å². The maximum Gasteiger partial charge on any atom is 0.261 e. The van der Waals surface area contributed by atoms with Gasteiger partial charge in [-0.3, -0.25) is 0 Å². The Morgan fingerprint density at radius 3 is 2.76 bits per heavy atom. The number of hydrogen-bond acceptors (Lipinski definition) is 5. The molecule has 1 unspecified atom stereocenters. The summed E-state index contributed by atoms with van der Waals surface area (Å²) in [6.45, 7) is 1.33. The number of ether oxygens (including phenoxy) is 3. The highest BCUT2D eigenvalue weighted by Gasteiger charge is 2.15. The zero-order chi connectivity index (χ0) is 15.1. The van der Waals surface area contributed by atoms with Crippen LogP contribution in [0.25, 0.3) is 0 Å². The first-order valence-electron chi connectivity index (χ1n) is 6.81. The van der Waals surface area contributed by atoms with E-state index in [0.29, 0.717) is 43.4 Å². The van der Waals surface area contributed by atoms with Crippen LogP contribution < -0.4 is 14.8 Å². The number of benzene rings is 1. The van der Waals surface area contributed by atoms with Gasteiger partial charge in [0.2, 0.25) is 0 Å². The van der Waals surface area contributed by atoms with Crippen molar-refractivity contribution in [1.82, 2.24) is 5.32 Å². The van der Waals surface area contributed by atoms with Gasteiger partial charge in [-0.1, -0.05) is 6.07 Å². The van der Waals surface area contributed by atoms with Gasteiger partial charge in [0, 0.05) is 13.1 Å². The minimum atomic E-state index is -2.45. The highest BCUT2D eigenvalue weighted by atomic mass is 19.3. The number of alkyl halides is 2. The summed E-state index contributed by atoms with van der Waals surface area (Å²) < 4.78 is 39.2. The first-order chi connectivity index (χ1) is 10.2. The zero-order valence-electron chi connectivity index (χ0n) is 11.6. The predicted molar refractivity (Wildman–Crippen MR) is 72.1 cm³/mol. The van der Waals surface area contributed by atoms with Gasteiger partial charge in [0.25, 0.3) is 6.43 Å². The van der Waals surface area contributed by atoms with Crippen LogP contribution in [0.4, 0.5) is 8.78 Å². The lowest BCUT2D eigenvalue weighted by Crippen LogP contribution is -2.26. The summed E-state index contributed by atoms with van der Waals surface area (Å²) in [6, 6.07) is 5.28. The number of aliphatic hydroxyl groups is 1. The molecule has 0 bridgehead atoms. The van der Waals surface area contributed by atoms with E-state index in [0.717, 1.165) is 0 Å². The molecule has 1 heterocycles. The predicted octanol–water partition coefficient (Wildman–Crippen LogP) is 1.36. The molecule has 2 rings (SSSR count). The zero-order valence-corrected chi connectivity index (χ0v) is 11.6. The fourth-order valence-electron chi connectivity index (χ4n) is 1.94. The number of aliphatic hydroxyl groups excluding tert-OH is 1. The Kier molecular flexibility index (Phi) is 6.16. The molecule has 1 aromatic rings. The highest BCUT2D eigenvalue weighted by molar-refractivity contribution is 5.44. The molecular weight excluding hydrogens is 284 g/mol. The van der Waals surface area contributed by atoms with E-state index in [2.05, 4.69) is 5.32 Å². The third-order valence-electron chi connectivity index (χ3n) is 2.96. The van der Waals surface area contributed by atoms with Gasteiger partial charge in [-0.25, -0.2) is 8.78 Å². The van der Waals surface area contributed by atoms with Crippen LogP contribution in [0.1, 0.15) is 11.7 Å². The van der Waals surface area contributed by atoms with Crippen molar-refractivity contribution in [1.29, 1.82) is 0 Å². The smallest absolute Gasteiger partial charge is 0.261 e. The molecule has 0 saturated heterocycles. The molecule has 0 amide bonds. The average molecular weight is 303 g/mol. The SMILES string of the molecule is OC(CNCCOCC(F)F)c1ccc2c(c1)OCCO2. The van der Waals surface area contributed by atoms with Crippen LogP contribution in [-0.2, 0) is 4.74 Å². The number of hydrogen-bond donors (Lipinski definition) is 2. The summed E-state index contributed by atoms with van der Waals surface area (Å²) >= 11 is 0. The van der Waals surface area contributed by atoms with Crippen LogP contribution in [-0.4, -0.2) is 51.0 Å². The first kappa shape index (κ1) is 15.9. The minimum absolute atomic E-state index is 0.179. The largest absolute Gasteiger partial charge is 0.486 e. The molecule has 1 aromatic carbocycles. The third kappa shape index (κ3) is 5.11. The van der Waals surface area contributed by atoms with Gasteiger partial charge >= 0.3 is 0 Å². The molecular formula is C14H19F2NO4. The van der Waals surface area contributed by atoms with Gasteiger partial charge in [0.15, 0.2) is 11.5 Å². The number of fused-ring (bicyclic) bond motifs is 1. The summed E-state index contributed by atoms with van der Waals surface area (Å²) in [5.41, 5.74) is 0.709. The number of rotatable bonds is 8. The normalized spacial score (nSPS) is 15.2. The molecule has 118 valence electrons. The van der Waals surface area contributed by atoms with Crippen molar-refractivity contribution >= 4 is 0 Å². The van der Waals surface area contributed by atoms with Gasteiger partial charge < -0.3 is 24.6 Å². The van der Waals surface area contributed by atoms with Gasteiger partial charge in [0.05, 0.1) is 12.7 Å². The molecule has 0 aliphatic carbocycles. The first-order valence-corrected chi connectivity index (χ1v) is 6.81. The topological polar surface area (TPSA) is 60.0 Å². The van der Waals surface area contributed by atoms with E-state index in [1.807, 2.05) is 0 Å². The summed E-state index contributed by atoms with van der Waals surface area (Å²) in [6.07, 6.45) is -3.16.